The van der Waals surface area contributed by atoms with Gasteiger partial charge in [-0.05, 0) is 49.9 Å². The molecule has 5 heteroatoms. The topological polar surface area (TPSA) is 58.2 Å². The fourth-order valence-electron chi connectivity index (χ4n) is 2.66. The van der Waals surface area contributed by atoms with Gasteiger partial charge in [0.15, 0.2) is 0 Å². The molecule has 1 aromatic carbocycles. The molecule has 4 nitrogen and oxygen atoms in total. The summed E-state index contributed by atoms with van der Waals surface area (Å²) in [4.78, 5) is 0.343. The maximum atomic E-state index is 12.2. The molecule has 0 atom stereocenters. The van der Waals surface area contributed by atoms with Crippen molar-refractivity contribution in [2.24, 2.45) is 5.92 Å². The van der Waals surface area contributed by atoms with Crippen LogP contribution in [0, 0.1) is 5.92 Å². The van der Waals surface area contributed by atoms with Crippen molar-refractivity contribution in [2.45, 2.75) is 43.9 Å². The number of nitrogens with one attached hydrogen (secondary N) is 2. The Labute approximate surface area is 122 Å². The summed E-state index contributed by atoms with van der Waals surface area (Å²) >= 11 is 0. The highest BCUT2D eigenvalue weighted by atomic mass is 32.2. The van der Waals surface area contributed by atoms with Crippen molar-refractivity contribution in [1.82, 2.24) is 4.72 Å². The van der Waals surface area contributed by atoms with Crippen LogP contribution < -0.4 is 10.0 Å². The Bertz CT molecular complexity index is 505. The van der Waals surface area contributed by atoms with Crippen LogP contribution in [-0.2, 0) is 10.0 Å². The second kappa shape index (κ2) is 7.09. The van der Waals surface area contributed by atoms with Gasteiger partial charge in [-0.3, -0.25) is 0 Å². The maximum Gasteiger partial charge on any atom is 0.240 e. The van der Waals surface area contributed by atoms with Crippen LogP contribution in [0.3, 0.4) is 0 Å². The smallest absolute Gasteiger partial charge is 0.240 e. The standard InChI is InChI=1S/C15H24N2O2S/c1-2-16-14-8-10-15(11-9-14)20(18,19)17-12-13-6-4-3-5-7-13/h8-11,13,16-17H,2-7,12H2,1H3. The van der Waals surface area contributed by atoms with E-state index < -0.39 is 10.0 Å². The number of benzene rings is 1. The van der Waals surface area contributed by atoms with E-state index in [0.29, 0.717) is 17.4 Å². The second-order valence-corrected chi connectivity index (χ2v) is 7.18. The van der Waals surface area contributed by atoms with Crippen LogP contribution in [0.4, 0.5) is 5.69 Å². The molecule has 0 amide bonds. The Morgan fingerprint density at radius 3 is 2.35 bits per heavy atom. The maximum absolute atomic E-state index is 12.2. The van der Waals surface area contributed by atoms with Crippen LogP contribution >= 0.6 is 0 Å². The molecular formula is C15H24N2O2S. The number of hydrogen-bond donors (Lipinski definition) is 2. The Morgan fingerprint density at radius 1 is 1.10 bits per heavy atom. The molecule has 0 aromatic heterocycles. The zero-order valence-corrected chi connectivity index (χ0v) is 12.9. The predicted molar refractivity (Wildman–Crippen MR) is 82.4 cm³/mol. The molecule has 0 unspecified atom stereocenters. The fourth-order valence-corrected chi connectivity index (χ4v) is 3.77. The van der Waals surface area contributed by atoms with Gasteiger partial charge in [-0.1, -0.05) is 19.3 Å². The number of hydrogen-bond acceptors (Lipinski definition) is 3. The van der Waals surface area contributed by atoms with Crippen LogP contribution in [0.1, 0.15) is 39.0 Å². The average Bonchev–Trinajstić information content (AvgIpc) is 2.47. The molecule has 20 heavy (non-hydrogen) atoms. The molecule has 0 bridgehead atoms. The number of rotatable bonds is 6. The summed E-state index contributed by atoms with van der Waals surface area (Å²) in [7, 11) is -3.37. The summed E-state index contributed by atoms with van der Waals surface area (Å²) in [6.07, 6.45) is 6.02. The lowest BCUT2D eigenvalue weighted by Gasteiger charge is -2.21. The SMILES string of the molecule is CCNc1ccc(S(=O)(=O)NCC2CCCCC2)cc1. The van der Waals surface area contributed by atoms with Crippen LogP contribution in [0.2, 0.25) is 0 Å². The van der Waals surface area contributed by atoms with E-state index >= 15 is 0 Å². The Balaban J connectivity index is 1.94. The van der Waals surface area contributed by atoms with E-state index in [-0.39, 0.29) is 0 Å². The molecule has 1 fully saturated rings. The molecule has 1 aliphatic carbocycles. The van der Waals surface area contributed by atoms with Crippen molar-refractivity contribution in [1.29, 1.82) is 0 Å². The molecule has 1 aliphatic rings. The molecule has 0 radical (unpaired) electrons. The van der Waals surface area contributed by atoms with E-state index in [2.05, 4.69) is 10.0 Å². The summed E-state index contributed by atoms with van der Waals surface area (Å²) < 4.78 is 27.2. The molecule has 1 saturated carbocycles. The fraction of sp³-hybridized carbons (Fsp3) is 0.600. The van der Waals surface area contributed by atoms with Gasteiger partial charge in [0.1, 0.15) is 0 Å². The van der Waals surface area contributed by atoms with Crippen LogP contribution in [-0.4, -0.2) is 21.5 Å². The summed E-state index contributed by atoms with van der Waals surface area (Å²) in [5.74, 6) is 0.500. The Morgan fingerprint density at radius 2 is 1.75 bits per heavy atom. The molecule has 2 N–H and O–H groups in total. The van der Waals surface area contributed by atoms with E-state index in [0.717, 1.165) is 25.1 Å². The van der Waals surface area contributed by atoms with Gasteiger partial charge in [0.25, 0.3) is 0 Å². The van der Waals surface area contributed by atoms with E-state index in [1.54, 1.807) is 24.3 Å². The van der Waals surface area contributed by atoms with Crippen LogP contribution in [0.5, 0.6) is 0 Å². The highest BCUT2D eigenvalue weighted by molar-refractivity contribution is 7.89. The van der Waals surface area contributed by atoms with Gasteiger partial charge in [-0.2, -0.15) is 0 Å². The van der Waals surface area contributed by atoms with E-state index in [9.17, 15) is 8.42 Å². The zero-order valence-electron chi connectivity index (χ0n) is 12.1. The van der Waals surface area contributed by atoms with Crippen LogP contribution in [0.15, 0.2) is 29.2 Å². The van der Waals surface area contributed by atoms with Crippen molar-refractivity contribution < 1.29 is 8.42 Å². The first-order valence-corrected chi connectivity index (χ1v) is 8.94. The summed E-state index contributed by atoms with van der Waals surface area (Å²) in [5.41, 5.74) is 0.943. The van der Waals surface area contributed by atoms with Crippen molar-refractivity contribution in [2.75, 3.05) is 18.4 Å². The third kappa shape index (κ3) is 4.21. The molecular weight excluding hydrogens is 272 g/mol. The Hall–Kier alpha value is -1.07. The van der Waals surface area contributed by atoms with Gasteiger partial charge in [-0.25, -0.2) is 13.1 Å². The highest BCUT2D eigenvalue weighted by Gasteiger charge is 2.18. The number of anilines is 1. The minimum Gasteiger partial charge on any atom is -0.385 e. The monoisotopic (exact) mass is 296 g/mol. The van der Waals surface area contributed by atoms with Crippen molar-refractivity contribution in [3.8, 4) is 0 Å². The molecule has 0 heterocycles. The molecule has 1 aromatic rings. The van der Waals surface area contributed by atoms with E-state index in [1.807, 2.05) is 6.92 Å². The van der Waals surface area contributed by atoms with Gasteiger partial charge < -0.3 is 5.32 Å². The first-order valence-electron chi connectivity index (χ1n) is 7.45. The first kappa shape index (κ1) is 15.3. The molecule has 2 rings (SSSR count). The summed E-state index contributed by atoms with van der Waals surface area (Å²) in [6.45, 7) is 3.40. The third-order valence-electron chi connectivity index (χ3n) is 3.83. The molecule has 0 saturated heterocycles. The van der Waals surface area contributed by atoms with Gasteiger partial charge in [0.2, 0.25) is 10.0 Å². The third-order valence-corrected chi connectivity index (χ3v) is 5.27. The van der Waals surface area contributed by atoms with Crippen molar-refractivity contribution in [3.63, 3.8) is 0 Å². The normalized spacial score (nSPS) is 17.1. The van der Waals surface area contributed by atoms with E-state index in [1.165, 1.54) is 19.3 Å². The minimum absolute atomic E-state index is 0.343. The molecule has 0 aliphatic heterocycles. The van der Waals surface area contributed by atoms with Crippen molar-refractivity contribution in [3.05, 3.63) is 24.3 Å². The zero-order chi connectivity index (χ0) is 14.4. The van der Waals surface area contributed by atoms with Gasteiger partial charge >= 0.3 is 0 Å². The van der Waals surface area contributed by atoms with Gasteiger partial charge in [-0.15, -0.1) is 0 Å². The molecule has 112 valence electrons. The summed E-state index contributed by atoms with van der Waals surface area (Å²) in [5, 5.41) is 3.15. The van der Waals surface area contributed by atoms with Crippen LogP contribution in [0.25, 0.3) is 0 Å². The lowest BCUT2D eigenvalue weighted by molar-refractivity contribution is 0.357. The van der Waals surface area contributed by atoms with Crippen molar-refractivity contribution >= 4 is 15.7 Å². The summed E-state index contributed by atoms with van der Waals surface area (Å²) in [6, 6.07) is 6.92. The average molecular weight is 296 g/mol. The first-order chi connectivity index (χ1) is 9.62. The van der Waals surface area contributed by atoms with E-state index in [4.69, 9.17) is 0 Å². The van der Waals surface area contributed by atoms with Gasteiger partial charge in [0, 0.05) is 18.8 Å². The lowest BCUT2D eigenvalue weighted by Crippen LogP contribution is -2.30. The molecule has 0 spiro atoms. The highest BCUT2D eigenvalue weighted by Crippen LogP contribution is 2.23. The number of sulfonamides is 1. The quantitative estimate of drug-likeness (QED) is 0.848. The van der Waals surface area contributed by atoms with Gasteiger partial charge in [0.05, 0.1) is 4.90 Å². The predicted octanol–water partition coefficient (Wildman–Crippen LogP) is 2.98. The second-order valence-electron chi connectivity index (χ2n) is 5.41. The minimum atomic E-state index is -3.37. The largest absolute Gasteiger partial charge is 0.385 e. The Kier molecular flexibility index (Phi) is 5.43. The lowest BCUT2D eigenvalue weighted by atomic mass is 9.90.